The molecule has 0 spiro atoms. The topological polar surface area (TPSA) is 52.6 Å². The van der Waals surface area contributed by atoms with Crippen molar-refractivity contribution in [1.29, 1.82) is 0 Å². The molecule has 2 rings (SSSR count). The van der Waals surface area contributed by atoms with E-state index in [1.807, 2.05) is 17.9 Å². The van der Waals surface area contributed by atoms with Crippen LogP contribution in [0, 0.1) is 5.92 Å². The van der Waals surface area contributed by atoms with Crippen molar-refractivity contribution in [1.82, 2.24) is 10.2 Å². The summed E-state index contributed by atoms with van der Waals surface area (Å²) >= 11 is 0. The Kier molecular flexibility index (Phi) is 6.67. The van der Waals surface area contributed by atoms with Crippen LogP contribution in [-0.4, -0.2) is 41.8 Å². The monoisotopic (exact) mass is 332 g/mol. The predicted molar refractivity (Wildman–Crippen MR) is 98.1 cm³/mol. The third-order valence-corrected chi connectivity index (χ3v) is 5.83. The molecular weight excluding hydrogens is 300 g/mol. The van der Waals surface area contributed by atoms with E-state index in [0.29, 0.717) is 12.5 Å². The van der Waals surface area contributed by atoms with Crippen LogP contribution in [0.3, 0.4) is 0 Å². The number of carbonyl (C=O) groups is 1. The van der Waals surface area contributed by atoms with Gasteiger partial charge in [0.25, 0.3) is 0 Å². The Bertz CT molecular complexity index is 504. The Morgan fingerprint density at radius 1 is 1.25 bits per heavy atom. The van der Waals surface area contributed by atoms with E-state index in [2.05, 4.69) is 43.4 Å². The lowest BCUT2D eigenvalue weighted by Gasteiger charge is -2.36. The molecule has 1 fully saturated rings. The summed E-state index contributed by atoms with van der Waals surface area (Å²) in [5, 5.41) is 12.8. The van der Waals surface area contributed by atoms with E-state index < -0.39 is 0 Å². The van der Waals surface area contributed by atoms with Crippen LogP contribution >= 0.6 is 0 Å². The first kappa shape index (κ1) is 18.8. The average Bonchev–Trinajstić information content (AvgIpc) is 2.63. The van der Waals surface area contributed by atoms with Crippen molar-refractivity contribution in [3.05, 3.63) is 35.9 Å². The molecule has 1 unspecified atom stereocenters. The summed E-state index contributed by atoms with van der Waals surface area (Å²) in [6, 6.07) is 10.5. The Hall–Kier alpha value is -1.55. The number of aliphatic hydroxyl groups excluding tert-OH is 1. The second-order valence-electron chi connectivity index (χ2n) is 7.08. The first-order valence-electron chi connectivity index (χ1n) is 9.28. The molecule has 0 bridgehead atoms. The minimum absolute atomic E-state index is 0.00510. The molecule has 0 aromatic heterocycles. The van der Waals surface area contributed by atoms with E-state index in [9.17, 15) is 9.90 Å². The third-order valence-electron chi connectivity index (χ3n) is 5.83. The van der Waals surface area contributed by atoms with E-state index in [1.165, 1.54) is 5.56 Å². The van der Waals surface area contributed by atoms with Crippen LogP contribution < -0.4 is 5.32 Å². The molecule has 134 valence electrons. The number of urea groups is 1. The summed E-state index contributed by atoms with van der Waals surface area (Å²) in [5.74, 6) is 0.323. The summed E-state index contributed by atoms with van der Waals surface area (Å²) in [6.07, 6.45) is 3.49. The maximum absolute atomic E-state index is 12.5. The van der Waals surface area contributed by atoms with Crippen LogP contribution in [0.15, 0.2) is 30.3 Å². The molecule has 0 saturated carbocycles. The molecule has 4 nitrogen and oxygen atoms in total. The van der Waals surface area contributed by atoms with Gasteiger partial charge < -0.3 is 15.3 Å². The van der Waals surface area contributed by atoms with Gasteiger partial charge in [-0.25, -0.2) is 4.79 Å². The number of aliphatic hydroxyl groups is 1. The fraction of sp³-hybridized carbons (Fsp3) is 0.650. The van der Waals surface area contributed by atoms with Gasteiger partial charge in [0.1, 0.15) is 0 Å². The summed E-state index contributed by atoms with van der Waals surface area (Å²) in [6.45, 7) is 8.36. The van der Waals surface area contributed by atoms with Gasteiger partial charge in [0.2, 0.25) is 0 Å². The van der Waals surface area contributed by atoms with Gasteiger partial charge in [0, 0.05) is 25.0 Å². The molecule has 1 heterocycles. The number of hydrogen-bond acceptors (Lipinski definition) is 2. The number of hydrogen-bond donors (Lipinski definition) is 2. The zero-order valence-electron chi connectivity index (χ0n) is 15.3. The molecule has 2 amide bonds. The van der Waals surface area contributed by atoms with Gasteiger partial charge in [0.05, 0.1) is 6.10 Å². The number of amides is 2. The van der Waals surface area contributed by atoms with E-state index in [4.69, 9.17) is 0 Å². The number of nitrogens with zero attached hydrogens (tertiary/aromatic N) is 1. The minimum Gasteiger partial charge on any atom is -0.393 e. The minimum atomic E-state index is -0.277. The maximum atomic E-state index is 12.5. The van der Waals surface area contributed by atoms with E-state index in [-0.39, 0.29) is 17.6 Å². The van der Waals surface area contributed by atoms with Crippen LogP contribution in [0.2, 0.25) is 0 Å². The van der Waals surface area contributed by atoms with Crippen LogP contribution in [0.1, 0.15) is 52.0 Å². The molecule has 0 radical (unpaired) electrons. The number of benzene rings is 1. The Morgan fingerprint density at radius 2 is 1.83 bits per heavy atom. The highest BCUT2D eigenvalue weighted by Gasteiger charge is 2.30. The molecule has 1 saturated heterocycles. The quantitative estimate of drug-likeness (QED) is 0.837. The van der Waals surface area contributed by atoms with Crippen molar-refractivity contribution in [2.24, 2.45) is 5.92 Å². The Labute approximate surface area is 146 Å². The van der Waals surface area contributed by atoms with Gasteiger partial charge in [-0.1, -0.05) is 44.2 Å². The zero-order chi connectivity index (χ0) is 17.6. The summed E-state index contributed by atoms with van der Waals surface area (Å²) in [5.41, 5.74) is 1.29. The standard InChI is InChI=1S/C20H32N2O2/c1-4-20(5-2,18-9-7-6-8-10-18)15-21-19(24)22-13-11-17(12-14-22)16(3)23/h6-10,16-17,23H,4-5,11-15H2,1-3H3,(H,21,24). The number of carbonyl (C=O) groups excluding carboxylic acids is 1. The number of nitrogens with one attached hydrogen (secondary N) is 1. The zero-order valence-corrected chi connectivity index (χ0v) is 15.3. The van der Waals surface area contributed by atoms with Gasteiger partial charge in [-0.3, -0.25) is 0 Å². The summed E-state index contributed by atoms with van der Waals surface area (Å²) in [7, 11) is 0. The van der Waals surface area contributed by atoms with Gasteiger partial charge in [-0.15, -0.1) is 0 Å². The Balaban J connectivity index is 1.94. The van der Waals surface area contributed by atoms with Crippen LogP contribution in [0.25, 0.3) is 0 Å². The second kappa shape index (κ2) is 8.52. The molecule has 1 aromatic rings. The van der Waals surface area contributed by atoms with Gasteiger partial charge in [-0.05, 0) is 44.1 Å². The SMILES string of the molecule is CCC(CC)(CNC(=O)N1CCC(C(C)O)CC1)c1ccccc1. The fourth-order valence-corrected chi connectivity index (χ4v) is 3.74. The normalized spacial score (nSPS) is 17.6. The lowest BCUT2D eigenvalue weighted by molar-refractivity contribution is 0.0795. The predicted octanol–water partition coefficient (Wildman–Crippen LogP) is 3.55. The molecule has 2 N–H and O–H groups in total. The number of rotatable bonds is 6. The van der Waals surface area contributed by atoms with Crippen LogP contribution in [0.4, 0.5) is 4.79 Å². The molecule has 4 heteroatoms. The second-order valence-corrected chi connectivity index (χ2v) is 7.08. The highest BCUT2D eigenvalue weighted by Crippen LogP contribution is 2.31. The van der Waals surface area contributed by atoms with Gasteiger partial charge >= 0.3 is 6.03 Å². The van der Waals surface area contributed by atoms with Crippen molar-refractivity contribution < 1.29 is 9.90 Å². The van der Waals surface area contributed by atoms with Gasteiger partial charge in [0.15, 0.2) is 0 Å². The summed E-state index contributed by atoms with van der Waals surface area (Å²) < 4.78 is 0. The molecule has 0 aliphatic carbocycles. The maximum Gasteiger partial charge on any atom is 0.317 e. The molecule has 24 heavy (non-hydrogen) atoms. The van der Waals surface area contributed by atoms with Crippen molar-refractivity contribution in [3.8, 4) is 0 Å². The molecule has 1 atom stereocenters. The lowest BCUT2D eigenvalue weighted by atomic mass is 9.76. The van der Waals surface area contributed by atoms with Crippen LogP contribution in [-0.2, 0) is 5.41 Å². The van der Waals surface area contributed by atoms with Gasteiger partial charge in [-0.2, -0.15) is 0 Å². The lowest BCUT2D eigenvalue weighted by Crippen LogP contribution is -2.49. The number of likely N-dealkylation sites (tertiary alicyclic amines) is 1. The van der Waals surface area contributed by atoms with Crippen molar-refractivity contribution in [2.75, 3.05) is 19.6 Å². The number of piperidine rings is 1. The van der Waals surface area contributed by atoms with Crippen molar-refractivity contribution >= 4 is 6.03 Å². The average molecular weight is 332 g/mol. The van der Waals surface area contributed by atoms with E-state index in [0.717, 1.165) is 38.8 Å². The smallest absolute Gasteiger partial charge is 0.317 e. The van der Waals surface area contributed by atoms with Crippen molar-refractivity contribution in [2.45, 2.75) is 58.0 Å². The first-order chi connectivity index (χ1) is 11.5. The molecule has 1 aliphatic heterocycles. The highest BCUT2D eigenvalue weighted by atomic mass is 16.3. The molecule has 1 aliphatic rings. The summed E-state index contributed by atoms with van der Waals surface area (Å²) in [4.78, 5) is 14.4. The van der Waals surface area contributed by atoms with E-state index in [1.54, 1.807) is 0 Å². The van der Waals surface area contributed by atoms with E-state index >= 15 is 0 Å². The largest absolute Gasteiger partial charge is 0.393 e. The third kappa shape index (κ3) is 4.29. The molecule has 1 aromatic carbocycles. The van der Waals surface area contributed by atoms with Crippen LogP contribution in [0.5, 0.6) is 0 Å². The highest BCUT2D eigenvalue weighted by molar-refractivity contribution is 5.74. The first-order valence-corrected chi connectivity index (χ1v) is 9.28. The van der Waals surface area contributed by atoms with Crippen molar-refractivity contribution in [3.63, 3.8) is 0 Å². The fourth-order valence-electron chi connectivity index (χ4n) is 3.74. The Morgan fingerprint density at radius 3 is 2.33 bits per heavy atom. The molecular formula is C20H32N2O2.